The third kappa shape index (κ3) is 5.75. The Bertz CT molecular complexity index is 1230. The van der Waals surface area contributed by atoms with Gasteiger partial charge in [0.25, 0.3) is 5.91 Å². The van der Waals surface area contributed by atoms with E-state index in [1.165, 1.54) is 43.3 Å². The van der Waals surface area contributed by atoms with Crippen LogP contribution in [-0.4, -0.2) is 27.6 Å². The van der Waals surface area contributed by atoms with Crippen molar-refractivity contribution < 1.29 is 22.8 Å². The second-order valence-electron chi connectivity index (χ2n) is 7.15. The molecule has 0 aliphatic carbocycles. The first kappa shape index (κ1) is 23.5. The van der Waals surface area contributed by atoms with Crippen molar-refractivity contribution in [3.8, 4) is 11.8 Å². The van der Waals surface area contributed by atoms with E-state index in [2.05, 4.69) is 15.7 Å². The highest BCUT2D eigenvalue weighted by molar-refractivity contribution is 6.03. The minimum Gasteiger partial charge on any atom is -0.351 e. The number of aromatic nitrogens is 2. The Labute approximate surface area is 186 Å². The SMILES string of the molecule is C[C@H](N)C(=O)NCc1cccc(-n2nc(C(F)(F)F)cc2C(=O)Nc2cccc(C#N)c2)c1. The highest BCUT2D eigenvalue weighted by Gasteiger charge is 2.36. The van der Waals surface area contributed by atoms with Crippen LogP contribution >= 0.6 is 0 Å². The van der Waals surface area contributed by atoms with Gasteiger partial charge in [0.2, 0.25) is 5.91 Å². The quantitative estimate of drug-likeness (QED) is 0.526. The molecule has 2 amide bonds. The van der Waals surface area contributed by atoms with Crippen molar-refractivity contribution in [1.29, 1.82) is 5.26 Å². The Morgan fingerprint density at radius 2 is 1.91 bits per heavy atom. The van der Waals surface area contributed by atoms with Gasteiger partial charge in [-0.3, -0.25) is 9.59 Å². The van der Waals surface area contributed by atoms with Crippen molar-refractivity contribution >= 4 is 17.5 Å². The maximum absolute atomic E-state index is 13.3. The summed E-state index contributed by atoms with van der Waals surface area (Å²) in [5, 5.41) is 17.7. The molecule has 0 radical (unpaired) electrons. The first-order valence-corrected chi connectivity index (χ1v) is 9.70. The fraction of sp³-hybridized carbons (Fsp3) is 0.182. The van der Waals surface area contributed by atoms with Crippen LogP contribution in [-0.2, 0) is 17.5 Å². The fourth-order valence-electron chi connectivity index (χ4n) is 2.89. The van der Waals surface area contributed by atoms with E-state index in [1.807, 2.05) is 6.07 Å². The number of rotatable bonds is 6. The fourth-order valence-corrected chi connectivity index (χ4v) is 2.89. The molecule has 0 saturated carbocycles. The van der Waals surface area contributed by atoms with Crippen LogP contribution in [0.15, 0.2) is 54.6 Å². The van der Waals surface area contributed by atoms with E-state index in [1.54, 1.807) is 12.1 Å². The molecule has 1 heterocycles. The lowest BCUT2D eigenvalue weighted by Crippen LogP contribution is -2.37. The first-order valence-electron chi connectivity index (χ1n) is 9.70. The minimum atomic E-state index is -4.77. The van der Waals surface area contributed by atoms with E-state index in [0.29, 0.717) is 11.6 Å². The summed E-state index contributed by atoms with van der Waals surface area (Å²) >= 11 is 0. The van der Waals surface area contributed by atoms with Crippen molar-refractivity contribution in [3.05, 3.63) is 77.1 Å². The molecule has 3 rings (SSSR count). The van der Waals surface area contributed by atoms with Gasteiger partial charge >= 0.3 is 6.18 Å². The van der Waals surface area contributed by atoms with Crippen LogP contribution in [0.25, 0.3) is 5.69 Å². The van der Waals surface area contributed by atoms with Crippen LogP contribution in [0.1, 0.15) is 34.2 Å². The molecule has 8 nitrogen and oxygen atoms in total. The summed E-state index contributed by atoms with van der Waals surface area (Å²) in [5.74, 6) is -1.23. The number of hydrogen-bond acceptors (Lipinski definition) is 5. The van der Waals surface area contributed by atoms with Gasteiger partial charge in [-0.05, 0) is 42.8 Å². The molecule has 1 atom stereocenters. The number of nitriles is 1. The molecule has 3 aromatic rings. The number of benzene rings is 2. The second-order valence-corrected chi connectivity index (χ2v) is 7.15. The zero-order chi connectivity index (χ0) is 24.2. The summed E-state index contributed by atoms with van der Waals surface area (Å²) in [5.41, 5.74) is 5.18. The molecule has 0 aliphatic heterocycles. The van der Waals surface area contributed by atoms with Crippen molar-refractivity contribution in [2.45, 2.75) is 25.7 Å². The summed E-state index contributed by atoms with van der Waals surface area (Å²) in [7, 11) is 0. The smallest absolute Gasteiger partial charge is 0.351 e. The van der Waals surface area contributed by atoms with Gasteiger partial charge in [-0.1, -0.05) is 18.2 Å². The van der Waals surface area contributed by atoms with Crippen LogP contribution in [0.3, 0.4) is 0 Å². The molecule has 0 bridgehead atoms. The molecule has 2 aromatic carbocycles. The van der Waals surface area contributed by atoms with Gasteiger partial charge in [0.15, 0.2) is 5.69 Å². The molecule has 33 heavy (non-hydrogen) atoms. The lowest BCUT2D eigenvalue weighted by Gasteiger charge is -2.11. The van der Waals surface area contributed by atoms with Crippen LogP contribution in [0.5, 0.6) is 0 Å². The van der Waals surface area contributed by atoms with Gasteiger partial charge in [-0.15, -0.1) is 0 Å². The maximum Gasteiger partial charge on any atom is 0.435 e. The van der Waals surface area contributed by atoms with E-state index in [9.17, 15) is 22.8 Å². The normalized spacial score (nSPS) is 12.0. The molecule has 0 saturated heterocycles. The molecule has 0 unspecified atom stereocenters. The van der Waals surface area contributed by atoms with E-state index in [4.69, 9.17) is 11.0 Å². The van der Waals surface area contributed by atoms with E-state index < -0.39 is 29.7 Å². The van der Waals surface area contributed by atoms with Gasteiger partial charge in [-0.2, -0.15) is 23.5 Å². The van der Waals surface area contributed by atoms with Gasteiger partial charge in [0.1, 0.15) is 5.69 Å². The Kier molecular flexibility index (Phi) is 6.79. The average molecular weight is 456 g/mol. The third-order valence-electron chi connectivity index (χ3n) is 4.52. The third-order valence-corrected chi connectivity index (χ3v) is 4.52. The van der Waals surface area contributed by atoms with Gasteiger partial charge in [-0.25, -0.2) is 4.68 Å². The Morgan fingerprint density at radius 3 is 2.58 bits per heavy atom. The van der Waals surface area contributed by atoms with Crippen LogP contribution in [0.2, 0.25) is 0 Å². The number of nitrogens with zero attached hydrogens (tertiary/aromatic N) is 3. The summed E-state index contributed by atoms with van der Waals surface area (Å²) in [6.07, 6.45) is -4.77. The topological polar surface area (TPSA) is 126 Å². The number of nitrogens with one attached hydrogen (secondary N) is 2. The predicted octanol–water partition coefficient (Wildman–Crippen LogP) is 2.98. The Balaban J connectivity index is 1.95. The molecular weight excluding hydrogens is 437 g/mol. The average Bonchev–Trinajstić information content (AvgIpc) is 3.24. The molecule has 11 heteroatoms. The number of halogens is 3. The lowest BCUT2D eigenvalue weighted by molar-refractivity contribution is -0.141. The number of nitrogens with two attached hydrogens (primary N) is 1. The Hall–Kier alpha value is -4.17. The zero-order valence-corrected chi connectivity index (χ0v) is 17.3. The van der Waals surface area contributed by atoms with Gasteiger partial charge in [0, 0.05) is 18.3 Å². The molecule has 0 spiro atoms. The largest absolute Gasteiger partial charge is 0.435 e. The monoisotopic (exact) mass is 456 g/mol. The summed E-state index contributed by atoms with van der Waals surface area (Å²) < 4.78 is 40.9. The maximum atomic E-state index is 13.3. The molecule has 1 aromatic heterocycles. The molecule has 0 aliphatic rings. The lowest BCUT2D eigenvalue weighted by atomic mass is 10.2. The second kappa shape index (κ2) is 9.54. The first-order chi connectivity index (χ1) is 15.6. The van der Waals surface area contributed by atoms with Crippen molar-refractivity contribution in [2.24, 2.45) is 5.73 Å². The van der Waals surface area contributed by atoms with Gasteiger partial charge in [0.05, 0.1) is 23.4 Å². The number of carbonyl (C=O) groups is 2. The summed E-state index contributed by atoms with van der Waals surface area (Å²) in [6.45, 7) is 1.61. The van der Waals surface area contributed by atoms with Crippen molar-refractivity contribution in [2.75, 3.05) is 5.32 Å². The van der Waals surface area contributed by atoms with E-state index in [-0.39, 0.29) is 29.2 Å². The molecule has 0 fully saturated rings. The minimum absolute atomic E-state index is 0.0874. The number of amides is 2. The standard InChI is InChI=1S/C22H19F3N6O2/c1-13(27)20(32)28-12-15-5-3-7-17(9-15)31-18(10-19(30-31)22(23,24)25)21(33)29-16-6-2-4-14(8-16)11-26/h2-10,13H,12,27H2,1H3,(H,28,32)(H,29,33)/t13-/m0/s1. The summed E-state index contributed by atoms with van der Waals surface area (Å²) in [6, 6.07) is 14.0. The van der Waals surface area contributed by atoms with E-state index in [0.717, 1.165) is 4.68 Å². The number of hydrogen-bond donors (Lipinski definition) is 3. The highest BCUT2D eigenvalue weighted by atomic mass is 19.4. The van der Waals surface area contributed by atoms with Crippen LogP contribution in [0, 0.1) is 11.3 Å². The summed E-state index contributed by atoms with van der Waals surface area (Å²) in [4.78, 5) is 24.5. The van der Waals surface area contributed by atoms with Crippen molar-refractivity contribution in [1.82, 2.24) is 15.1 Å². The molecule has 4 N–H and O–H groups in total. The number of carbonyl (C=O) groups excluding carboxylic acids is 2. The van der Waals surface area contributed by atoms with Crippen molar-refractivity contribution in [3.63, 3.8) is 0 Å². The van der Waals surface area contributed by atoms with Crippen LogP contribution in [0.4, 0.5) is 18.9 Å². The molecule has 170 valence electrons. The van der Waals surface area contributed by atoms with E-state index >= 15 is 0 Å². The zero-order valence-electron chi connectivity index (χ0n) is 17.3. The number of anilines is 1. The highest BCUT2D eigenvalue weighted by Crippen LogP contribution is 2.30. The predicted molar refractivity (Wildman–Crippen MR) is 113 cm³/mol. The van der Waals surface area contributed by atoms with Crippen LogP contribution < -0.4 is 16.4 Å². The van der Waals surface area contributed by atoms with Gasteiger partial charge < -0.3 is 16.4 Å². The Morgan fingerprint density at radius 1 is 1.18 bits per heavy atom. The molecular formula is C22H19F3N6O2. The number of alkyl halides is 3.